The third kappa shape index (κ3) is 2.52. The van der Waals surface area contributed by atoms with Gasteiger partial charge in [-0.3, -0.25) is 10.1 Å². The van der Waals surface area contributed by atoms with Crippen molar-refractivity contribution in [2.45, 2.75) is 19.9 Å². The summed E-state index contributed by atoms with van der Waals surface area (Å²) in [4.78, 5) is 16.8. The number of nitro groups is 1. The summed E-state index contributed by atoms with van der Waals surface area (Å²) in [5.41, 5.74) is 0.905. The van der Waals surface area contributed by atoms with Crippen LogP contribution >= 0.6 is 0 Å². The van der Waals surface area contributed by atoms with E-state index in [4.69, 9.17) is 0 Å². The van der Waals surface area contributed by atoms with Crippen molar-refractivity contribution in [1.82, 2.24) is 10.3 Å². The van der Waals surface area contributed by atoms with Crippen LogP contribution in [0.25, 0.3) is 0 Å². The molecule has 6 nitrogen and oxygen atoms in total. The molecule has 0 bridgehead atoms. The molecule has 0 aliphatic carbocycles. The maximum Gasteiger partial charge on any atom is 0.311 e. The van der Waals surface area contributed by atoms with Gasteiger partial charge in [0.1, 0.15) is 0 Å². The van der Waals surface area contributed by atoms with Crippen molar-refractivity contribution in [2.75, 3.05) is 24.5 Å². The Labute approximate surface area is 99.8 Å². The quantitative estimate of drug-likeness (QED) is 0.615. The molecular formula is C11H16N4O2. The maximum atomic E-state index is 11.0. The molecule has 0 spiro atoms. The number of nitrogens with zero attached hydrogens (tertiary/aromatic N) is 3. The lowest BCUT2D eigenvalue weighted by atomic mass is 10.2. The average Bonchev–Trinajstić information content (AvgIpc) is 2.28. The highest BCUT2D eigenvalue weighted by molar-refractivity contribution is 5.58. The molecule has 2 rings (SSSR count). The first kappa shape index (κ1) is 11.8. The number of hydrogen-bond donors (Lipinski definition) is 1. The minimum absolute atomic E-state index is 0.0964. The zero-order chi connectivity index (χ0) is 12.4. The monoisotopic (exact) mass is 236 g/mol. The minimum atomic E-state index is -0.359. The Morgan fingerprint density at radius 1 is 1.65 bits per heavy atom. The van der Waals surface area contributed by atoms with E-state index in [0.29, 0.717) is 11.9 Å². The summed E-state index contributed by atoms with van der Waals surface area (Å²) < 4.78 is 0. The highest BCUT2D eigenvalue weighted by atomic mass is 16.6. The van der Waals surface area contributed by atoms with Gasteiger partial charge in [-0.1, -0.05) is 0 Å². The van der Waals surface area contributed by atoms with Gasteiger partial charge in [0.15, 0.2) is 0 Å². The van der Waals surface area contributed by atoms with Gasteiger partial charge >= 0.3 is 5.69 Å². The summed E-state index contributed by atoms with van der Waals surface area (Å²) >= 11 is 0. The lowest BCUT2D eigenvalue weighted by Crippen LogP contribution is -2.49. The molecule has 1 aliphatic heterocycles. The molecule has 0 radical (unpaired) electrons. The molecule has 1 aromatic rings. The second kappa shape index (κ2) is 4.67. The molecule has 0 amide bonds. The summed E-state index contributed by atoms with van der Waals surface area (Å²) in [7, 11) is 0. The fourth-order valence-electron chi connectivity index (χ4n) is 2.05. The van der Waals surface area contributed by atoms with Gasteiger partial charge in [-0.25, -0.2) is 4.98 Å². The standard InChI is InChI=1S/C11H16N4O2/c1-8-5-10(15(16)17)11(13-6-8)14-4-3-12-9(2)7-14/h5-6,9,12H,3-4,7H2,1-2H3. The third-order valence-electron chi connectivity index (χ3n) is 2.85. The molecule has 0 aromatic carbocycles. The molecule has 17 heavy (non-hydrogen) atoms. The van der Waals surface area contributed by atoms with Crippen LogP contribution in [0.2, 0.25) is 0 Å². The summed E-state index contributed by atoms with van der Waals surface area (Å²) in [5, 5.41) is 14.3. The van der Waals surface area contributed by atoms with E-state index >= 15 is 0 Å². The van der Waals surface area contributed by atoms with E-state index in [0.717, 1.165) is 25.2 Å². The smallest absolute Gasteiger partial charge is 0.311 e. The Hall–Kier alpha value is -1.69. The van der Waals surface area contributed by atoms with Crippen molar-refractivity contribution < 1.29 is 4.92 Å². The molecule has 1 unspecified atom stereocenters. The lowest BCUT2D eigenvalue weighted by molar-refractivity contribution is -0.384. The normalized spacial score (nSPS) is 20.4. The van der Waals surface area contributed by atoms with Crippen LogP contribution in [0, 0.1) is 17.0 Å². The van der Waals surface area contributed by atoms with Crippen LogP contribution in [0.15, 0.2) is 12.3 Å². The number of aromatic nitrogens is 1. The van der Waals surface area contributed by atoms with E-state index in [-0.39, 0.29) is 10.6 Å². The Bertz CT molecular complexity index is 435. The van der Waals surface area contributed by atoms with E-state index in [1.807, 2.05) is 11.8 Å². The van der Waals surface area contributed by atoms with Gasteiger partial charge in [0.05, 0.1) is 4.92 Å². The predicted molar refractivity (Wildman–Crippen MR) is 65.3 cm³/mol. The molecule has 6 heteroatoms. The first-order valence-corrected chi connectivity index (χ1v) is 5.67. The molecule has 1 fully saturated rings. The van der Waals surface area contributed by atoms with Crippen molar-refractivity contribution in [1.29, 1.82) is 0 Å². The summed E-state index contributed by atoms with van der Waals surface area (Å²) in [6.07, 6.45) is 1.68. The fourth-order valence-corrected chi connectivity index (χ4v) is 2.05. The van der Waals surface area contributed by atoms with Crippen molar-refractivity contribution in [2.24, 2.45) is 0 Å². The molecule has 1 N–H and O–H groups in total. The van der Waals surface area contributed by atoms with Crippen LogP contribution in [0.5, 0.6) is 0 Å². The molecular weight excluding hydrogens is 220 g/mol. The molecule has 0 saturated carbocycles. The Morgan fingerprint density at radius 2 is 2.41 bits per heavy atom. The number of pyridine rings is 1. The highest BCUT2D eigenvalue weighted by Gasteiger charge is 2.24. The molecule has 2 heterocycles. The van der Waals surface area contributed by atoms with Crippen LogP contribution in [0.1, 0.15) is 12.5 Å². The third-order valence-corrected chi connectivity index (χ3v) is 2.85. The van der Waals surface area contributed by atoms with Crippen LogP contribution in [-0.2, 0) is 0 Å². The van der Waals surface area contributed by atoms with Gasteiger partial charge in [-0.15, -0.1) is 0 Å². The Morgan fingerprint density at radius 3 is 3.06 bits per heavy atom. The zero-order valence-electron chi connectivity index (χ0n) is 10.0. The summed E-state index contributed by atoms with van der Waals surface area (Å²) in [6.45, 7) is 6.20. The molecule has 92 valence electrons. The van der Waals surface area contributed by atoms with Gasteiger partial charge in [-0.2, -0.15) is 0 Å². The predicted octanol–water partition coefficient (Wildman–Crippen LogP) is 1.10. The SMILES string of the molecule is Cc1cnc(N2CCNC(C)C2)c([N+](=O)[O-])c1. The topological polar surface area (TPSA) is 71.3 Å². The largest absolute Gasteiger partial charge is 0.348 e. The number of rotatable bonds is 2. The zero-order valence-corrected chi connectivity index (χ0v) is 10.0. The van der Waals surface area contributed by atoms with Crippen molar-refractivity contribution in [3.8, 4) is 0 Å². The Kier molecular flexibility index (Phi) is 3.23. The number of hydrogen-bond acceptors (Lipinski definition) is 5. The number of anilines is 1. The number of piperazine rings is 1. The summed E-state index contributed by atoms with van der Waals surface area (Å²) in [6, 6.07) is 1.90. The Balaban J connectivity index is 2.33. The van der Waals surface area contributed by atoms with Gasteiger partial charge in [-0.05, 0) is 19.4 Å². The van der Waals surface area contributed by atoms with Gasteiger partial charge in [0.25, 0.3) is 0 Å². The molecule has 1 aromatic heterocycles. The second-order valence-electron chi connectivity index (χ2n) is 4.41. The molecule has 1 atom stereocenters. The van der Waals surface area contributed by atoms with E-state index < -0.39 is 0 Å². The lowest BCUT2D eigenvalue weighted by Gasteiger charge is -2.32. The van der Waals surface area contributed by atoms with Crippen LogP contribution < -0.4 is 10.2 Å². The molecule has 1 saturated heterocycles. The van der Waals surface area contributed by atoms with Crippen molar-refractivity contribution in [3.63, 3.8) is 0 Å². The fraction of sp³-hybridized carbons (Fsp3) is 0.545. The average molecular weight is 236 g/mol. The van der Waals surface area contributed by atoms with E-state index in [2.05, 4.69) is 17.2 Å². The van der Waals surface area contributed by atoms with Gasteiger partial charge in [0.2, 0.25) is 5.82 Å². The van der Waals surface area contributed by atoms with Gasteiger partial charge in [0, 0.05) is 37.9 Å². The van der Waals surface area contributed by atoms with Crippen LogP contribution in [-0.4, -0.2) is 35.6 Å². The molecule has 1 aliphatic rings. The highest BCUT2D eigenvalue weighted by Crippen LogP contribution is 2.26. The van der Waals surface area contributed by atoms with Crippen LogP contribution in [0.3, 0.4) is 0 Å². The van der Waals surface area contributed by atoms with Crippen LogP contribution in [0.4, 0.5) is 11.5 Å². The first-order valence-electron chi connectivity index (χ1n) is 5.67. The number of nitrogens with one attached hydrogen (secondary N) is 1. The van der Waals surface area contributed by atoms with E-state index in [1.165, 1.54) is 0 Å². The van der Waals surface area contributed by atoms with Crippen molar-refractivity contribution >= 4 is 11.5 Å². The van der Waals surface area contributed by atoms with E-state index in [9.17, 15) is 10.1 Å². The minimum Gasteiger partial charge on any atom is -0.348 e. The summed E-state index contributed by atoms with van der Waals surface area (Å²) in [5.74, 6) is 0.481. The maximum absolute atomic E-state index is 11.0. The van der Waals surface area contributed by atoms with Gasteiger partial charge < -0.3 is 10.2 Å². The first-order chi connectivity index (χ1) is 8.08. The van der Waals surface area contributed by atoms with E-state index in [1.54, 1.807) is 12.3 Å². The number of aryl methyl sites for hydroxylation is 1. The second-order valence-corrected chi connectivity index (χ2v) is 4.41. The van der Waals surface area contributed by atoms with Crippen molar-refractivity contribution in [3.05, 3.63) is 27.9 Å².